The van der Waals surface area contributed by atoms with Crippen molar-refractivity contribution in [2.24, 2.45) is 0 Å². The number of nitrogens with zero attached hydrogens (tertiary/aromatic N) is 1. The number of carbonyl (C=O) groups is 1. The smallest absolute Gasteiger partial charge is 0.270 e. The monoisotopic (exact) mass is 275 g/mol. The third-order valence-electron chi connectivity index (χ3n) is 2.79. The van der Waals surface area contributed by atoms with Crippen LogP contribution in [0.25, 0.3) is 0 Å². The van der Waals surface area contributed by atoms with Crippen molar-refractivity contribution in [1.29, 1.82) is 0 Å². The molecule has 5 heteroatoms. The minimum Gasteiger partial charge on any atom is -0.399 e. The zero-order chi connectivity index (χ0) is 13.7. The second-order valence-corrected chi connectivity index (χ2v) is 5.28. The van der Waals surface area contributed by atoms with E-state index >= 15 is 0 Å². The molecule has 2 rings (SSSR count). The van der Waals surface area contributed by atoms with Gasteiger partial charge in [0, 0.05) is 16.8 Å². The Morgan fingerprint density at radius 2 is 2.37 bits per heavy atom. The number of pyridine rings is 1. The topological polar surface area (TPSA) is 68.0 Å². The molecule has 1 amide bonds. The van der Waals surface area contributed by atoms with Crippen LogP contribution in [0.5, 0.6) is 0 Å². The van der Waals surface area contributed by atoms with Gasteiger partial charge >= 0.3 is 0 Å². The van der Waals surface area contributed by atoms with E-state index in [9.17, 15) is 4.79 Å². The third kappa shape index (κ3) is 3.54. The number of anilines is 1. The van der Waals surface area contributed by atoms with E-state index in [-0.39, 0.29) is 11.9 Å². The molecular weight excluding hydrogens is 258 g/mol. The molecule has 0 aliphatic heterocycles. The van der Waals surface area contributed by atoms with Gasteiger partial charge in [0.1, 0.15) is 5.69 Å². The van der Waals surface area contributed by atoms with Crippen molar-refractivity contribution in [2.45, 2.75) is 25.8 Å². The number of hydrogen-bond acceptors (Lipinski definition) is 4. The summed E-state index contributed by atoms with van der Waals surface area (Å²) in [6, 6.07) is 7.33. The van der Waals surface area contributed by atoms with Gasteiger partial charge in [-0.25, -0.2) is 0 Å². The molecule has 0 aliphatic rings. The molecule has 0 bridgehead atoms. The van der Waals surface area contributed by atoms with E-state index in [1.807, 2.05) is 17.5 Å². The Bertz CT molecular complexity index is 539. The molecule has 0 saturated heterocycles. The molecule has 1 atom stereocenters. The Balaban J connectivity index is 2.11. The molecule has 19 heavy (non-hydrogen) atoms. The largest absolute Gasteiger partial charge is 0.399 e. The third-order valence-corrected chi connectivity index (χ3v) is 3.77. The maximum absolute atomic E-state index is 12.2. The highest BCUT2D eigenvalue weighted by Gasteiger charge is 2.16. The van der Waals surface area contributed by atoms with Gasteiger partial charge in [0.25, 0.3) is 5.91 Å². The van der Waals surface area contributed by atoms with Crippen molar-refractivity contribution >= 4 is 22.9 Å². The molecule has 2 aromatic rings. The molecule has 2 aromatic heterocycles. The Morgan fingerprint density at radius 1 is 1.53 bits per heavy atom. The van der Waals surface area contributed by atoms with E-state index < -0.39 is 0 Å². The highest BCUT2D eigenvalue weighted by Crippen LogP contribution is 2.23. The van der Waals surface area contributed by atoms with E-state index in [1.54, 1.807) is 29.7 Å². The SMILES string of the molecule is CCCC(NC(=O)c1cc(N)ccn1)c1cccs1. The summed E-state index contributed by atoms with van der Waals surface area (Å²) in [4.78, 5) is 17.4. The zero-order valence-electron chi connectivity index (χ0n) is 10.8. The summed E-state index contributed by atoms with van der Waals surface area (Å²) in [5.41, 5.74) is 6.57. The van der Waals surface area contributed by atoms with Crippen LogP contribution in [0.4, 0.5) is 5.69 Å². The summed E-state index contributed by atoms with van der Waals surface area (Å²) in [5, 5.41) is 5.03. The number of hydrogen-bond donors (Lipinski definition) is 2. The Labute approximate surface area is 116 Å². The molecule has 0 fully saturated rings. The maximum Gasteiger partial charge on any atom is 0.270 e. The summed E-state index contributed by atoms with van der Waals surface area (Å²) in [5.74, 6) is -0.181. The molecule has 0 aromatic carbocycles. The Hall–Kier alpha value is -1.88. The lowest BCUT2D eigenvalue weighted by atomic mass is 10.1. The normalized spacial score (nSPS) is 12.1. The van der Waals surface area contributed by atoms with Gasteiger partial charge in [-0.05, 0) is 30.0 Å². The molecular formula is C14H17N3OS. The first-order chi connectivity index (χ1) is 9.20. The number of rotatable bonds is 5. The lowest BCUT2D eigenvalue weighted by molar-refractivity contribution is 0.0930. The highest BCUT2D eigenvalue weighted by atomic mass is 32.1. The van der Waals surface area contributed by atoms with Crippen LogP contribution in [0.1, 0.15) is 41.2 Å². The molecule has 0 aliphatic carbocycles. The zero-order valence-corrected chi connectivity index (χ0v) is 11.6. The average molecular weight is 275 g/mol. The van der Waals surface area contributed by atoms with Gasteiger partial charge in [-0.3, -0.25) is 9.78 Å². The average Bonchev–Trinajstić information content (AvgIpc) is 2.92. The molecule has 4 nitrogen and oxygen atoms in total. The van der Waals surface area contributed by atoms with E-state index in [1.165, 1.54) is 4.88 Å². The predicted molar refractivity (Wildman–Crippen MR) is 78.1 cm³/mol. The van der Waals surface area contributed by atoms with Crippen molar-refractivity contribution in [1.82, 2.24) is 10.3 Å². The number of thiophene rings is 1. The van der Waals surface area contributed by atoms with Gasteiger partial charge in [0.05, 0.1) is 6.04 Å². The summed E-state index contributed by atoms with van der Waals surface area (Å²) in [7, 11) is 0. The first-order valence-electron chi connectivity index (χ1n) is 6.26. The first kappa shape index (κ1) is 13.5. The fraction of sp³-hybridized carbons (Fsp3) is 0.286. The maximum atomic E-state index is 12.2. The summed E-state index contributed by atoms with van der Waals surface area (Å²) < 4.78 is 0. The molecule has 1 unspecified atom stereocenters. The van der Waals surface area contributed by atoms with E-state index in [2.05, 4.69) is 17.2 Å². The standard InChI is InChI=1S/C14H17N3OS/c1-2-4-11(13-5-3-8-19-13)17-14(18)12-9-10(15)6-7-16-12/h3,5-9,11H,2,4H2,1H3,(H2,15,16)(H,17,18). The van der Waals surface area contributed by atoms with Gasteiger partial charge in [0.2, 0.25) is 0 Å². The molecule has 2 heterocycles. The summed E-state index contributed by atoms with van der Waals surface area (Å²) in [6.45, 7) is 2.10. The Morgan fingerprint density at radius 3 is 3.00 bits per heavy atom. The van der Waals surface area contributed by atoms with E-state index in [0.717, 1.165) is 12.8 Å². The van der Waals surface area contributed by atoms with Crippen molar-refractivity contribution < 1.29 is 4.79 Å². The fourth-order valence-corrected chi connectivity index (χ4v) is 2.68. The van der Waals surface area contributed by atoms with Crippen LogP contribution in [0.15, 0.2) is 35.8 Å². The number of aromatic nitrogens is 1. The van der Waals surface area contributed by atoms with Crippen molar-refractivity contribution in [2.75, 3.05) is 5.73 Å². The number of amides is 1. The number of nitrogen functional groups attached to an aromatic ring is 1. The second-order valence-electron chi connectivity index (χ2n) is 4.30. The fourth-order valence-electron chi connectivity index (χ4n) is 1.87. The number of carbonyl (C=O) groups excluding carboxylic acids is 1. The first-order valence-corrected chi connectivity index (χ1v) is 7.14. The van der Waals surface area contributed by atoms with Crippen LogP contribution < -0.4 is 11.1 Å². The lowest BCUT2D eigenvalue weighted by Crippen LogP contribution is -2.28. The van der Waals surface area contributed by atoms with Crippen molar-refractivity contribution in [3.63, 3.8) is 0 Å². The molecule has 0 radical (unpaired) electrons. The van der Waals surface area contributed by atoms with Crippen LogP contribution in [0, 0.1) is 0 Å². The number of nitrogens with two attached hydrogens (primary N) is 1. The van der Waals surface area contributed by atoms with Gasteiger partial charge < -0.3 is 11.1 Å². The van der Waals surface area contributed by atoms with Gasteiger partial charge in [-0.1, -0.05) is 19.4 Å². The molecule has 3 N–H and O–H groups in total. The number of nitrogens with one attached hydrogen (secondary N) is 1. The molecule has 0 saturated carbocycles. The minimum absolute atomic E-state index is 0.0423. The second kappa shape index (κ2) is 6.33. The molecule has 0 spiro atoms. The predicted octanol–water partition coefficient (Wildman–Crippen LogP) is 3.00. The van der Waals surface area contributed by atoms with Crippen molar-refractivity contribution in [3.05, 3.63) is 46.4 Å². The minimum atomic E-state index is -0.181. The van der Waals surface area contributed by atoms with Crippen LogP contribution in [0.2, 0.25) is 0 Å². The van der Waals surface area contributed by atoms with Crippen molar-refractivity contribution in [3.8, 4) is 0 Å². The molecule has 100 valence electrons. The van der Waals surface area contributed by atoms with Gasteiger partial charge in [-0.15, -0.1) is 11.3 Å². The van der Waals surface area contributed by atoms with Crippen LogP contribution >= 0.6 is 11.3 Å². The van der Waals surface area contributed by atoms with Gasteiger partial charge in [0.15, 0.2) is 0 Å². The van der Waals surface area contributed by atoms with Gasteiger partial charge in [-0.2, -0.15) is 0 Å². The van der Waals surface area contributed by atoms with Crippen LogP contribution in [-0.4, -0.2) is 10.9 Å². The van der Waals surface area contributed by atoms with Crippen LogP contribution in [0.3, 0.4) is 0 Å². The summed E-state index contributed by atoms with van der Waals surface area (Å²) >= 11 is 1.65. The summed E-state index contributed by atoms with van der Waals surface area (Å²) in [6.07, 6.45) is 3.46. The highest BCUT2D eigenvalue weighted by molar-refractivity contribution is 7.10. The Kier molecular flexibility index (Phi) is 4.52. The van der Waals surface area contributed by atoms with E-state index in [4.69, 9.17) is 5.73 Å². The lowest BCUT2D eigenvalue weighted by Gasteiger charge is -2.16. The quantitative estimate of drug-likeness (QED) is 0.881. The van der Waals surface area contributed by atoms with Crippen LogP contribution in [-0.2, 0) is 0 Å². The van der Waals surface area contributed by atoms with E-state index in [0.29, 0.717) is 11.4 Å².